The summed E-state index contributed by atoms with van der Waals surface area (Å²) in [6, 6.07) is 27.2. The molecule has 0 aromatic heterocycles. The molecule has 0 radical (unpaired) electrons. The molecule has 0 spiro atoms. The molecule has 0 aliphatic heterocycles. The summed E-state index contributed by atoms with van der Waals surface area (Å²) in [4.78, 5) is 25.4. The lowest BCUT2D eigenvalue weighted by molar-refractivity contribution is -0.162. The Morgan fingerprint density at radius 3 is 1.57 bits per heavy atom. The summed E-state index contributed by atoms with van der Waals surface area (Å²) in [7, 11) is 0. The van der Waals surface area contributed by atoms with Gasteiger partial charge in [0.15, 0.2) is 6.10 Å². The molecule has 1 N–H and O–H groups in total. The molecular weight excluding hydrogens is 514 g/mol. The van der Waals surface area contributed by atoms with Crippen molar-refractivity contribution in [2.75, 3.05) is 13.2 Å². The van der Waals surface area contributed by atoms with Gasteiger partial charge in [-0.25, -0.2) is 8.78 Å². The minimum Gasteiger partial charge on any atom is -0.461 e. The fourth-order valence-corrected chi connectivity index (χ4v) is 4.27. The molecule has 5 nitrogen and oxygen atoms in total. The normalized spacial score (nSPS) is 13.2. The van der Waals surface area contributed by atoms with Gasteiger partial charge in [-0.2, -0.15) is 0 Å². The molecule has 0 fully saturated rings. The average molecular weight is 545 g/mol. The van der Waals surface area contributed by atoms with Gasteiger partial charge in [-0.3, -0.25) is 9.59 Å². The highest BCUT2D eigenvalue weighted by Gasteiger charge is 2.25. The second-order valence-corrected chi connectivity index (χ2v) is 9.53. The summed E-state index contributed by atoms with van der Waals surface area (Å²) in [5.41, 5.74) is 3.10. The third-order valence-corrected chi connectivity index (χ3v) is 6.76. The van der Waals surface area contributed by atoms with Crippen LogP contribution in [0, 0.1) is 11.6 Å². The molecular formula is C33H30F2O5. The minimum atomic E-state index is -1.11. The van der Waals surface area contributed by atoms with E-state index in [1.807, 2.05) is 36.4 Å². The number of hydrogen-bond donors (Lipinski definition) is 1. The lowest BCUT2D eigenvalue weighted by atomic mass is 9.97. The van der Waals surface area contributed by atoms with Crippen LogP contribution in [0.5, 0.6) is 0 Å². The Balaban J connectivity index is 1.34. The average Bonchev–Trinajstić information content (AvgIpc) is 2.98. The second-order valence-electron chi connectivity index (χ2n) is 9.53. The first-order chi connectivity index (χ1) is 19.3. The molecule has 0 amide bonds. The Kier molecular flexibility index (Phi) is 9.40. The quantitative estimate of drug-likeness (QED) is 0.226. The lowest BCUT2D eigenvalue weighted by Gasteiger charge is -2.20. The first kappa shape index (κ1) is 28.6. The molecule has 7 heteroatoms. The van der Waals surface area contributed by atoms with Gasteiger partial charge in [-0.15, -0.1) is 0 Å². The highest BCUT2D eigenvalue weighted by Crippen LogP contribution is 2.28. The van der Waals surface area contributed by atoms with Gasteiger partial charge in [0, 0.05) is 11.1 Å². The van der Waals surface area contributed by atoms with Crippen LogP contribution in [0.2, 0.25) is 0 Å². The van der Waals surface area contributed by atoms with E-state index in [0.717, 1.165) is 5.56 Å². The van der Waals surface area contributed by atoms with Crippen LogP contribution in [0.25, 0.3) is 22.3 Å². The highest BCUT2D eigenvalue weighted by molar-refractivity contribution is 5.79. The van der Waals surface area contributed by atoms with E-state index in [0.29, 0.717) is 27.8 Å². The number of aliphatic hydroxyl groups is 1. The Hall–Kier alpha value is -4.36. The lowest BCUT2D eigenvalue weighted by Crippen LogP contribution is -2.31. The number of benzene rings is 4. The SMILES string of the molecule is CC(C(=O)OCC(CO)OC(=O)C(C)c1ccc(-c2ccccc2)c(F)c1)c1ccc(-c2ccccc2)c(F)c1. The van der Waals surface area contributed by atoms with Crippen LogP contribution in [-0.4, -0.2) is 36.4 Å². The number of rotatable bonds is 10. The van der Waals surface area contributed by atoms with E-state index >= 15 is 0 Å². The fourth-order valence-electron chi connectivity index (χ4n) is 4.27. The summed E-state index contributed by atoms with van der Waals surface area (Å²) in [5, 5.41) is 9.70. The molecule has 40 heavy (non-hydrogen) atoms. The van der Waals surface area contributed by atoms with Gasteiger partial charge >= 0.3 is 11.9 Å². The number of aliphatic hydroxyl groups excluding tert-OH is 1. The molecule has 0 saturated heterocycles. The van der Waals surface area contributed by atoms with Crippen LogP contribution in [0.1, 0.15) is 36.8 Å². The topological polar surface area (TPSA) is 72.8 Å². The molecule has 4 aromatic rings. The molecule has 0 aliphatic carbocycles. The van der Waals surface area contributed by atoms with E-state index in [4.69, 9.17) is 9.47 Å². The molecule has 0 bridgehead atoms. The van der Waals surface area contributed by atoms with Gasteiger partial charge in [-0.05, 0) is 48.2 Å². The number of hydrogen-bond acceptors (Lipinski definition) is 5. The number of esters is 2. The molecule has 0 aliphatic rings. The molecule has 4 rings (SSSR count). The van der Waals surface area contributed by atoms with Gasteiger partial charge in [0.05, 0.1) is 18.4 Å². The van der Waals surface area contributed by atoms with Crippen LogP contribution in [0.4, 0.5) is 8.78 Å². The van der Waals surface area contributed by atoms with E-state index in [9.17, 15) is 23.5 Å². The van der Waals surface area contributed by atoms with E-state index in [1.165, 1.54) is 12.1 Å². The first-order valence-corrected chi connectivity index (χ1v) is 13.0. The smallest absolute Gasteiger partial charge is 0.313 e. The third kappa shape index (κ3) is 6.79. The van der Waals surface area contributed by atoms with Crippen LogP contribution < -0.4 is 0 Å². The van der Waals surface area contributed by atoms with Crippen LogP contribution in [0.3, 0.4) is 0 Å². The zero-order valence-electron chi connectivity index (χ0n) is 22.2. The van der Waals surface area contributed by atoms with Gasteiger partial charge in [0.25, 0.3) is 0 Å². The molecule has 0 saturated carbocycles. The third-order valence-electron chi connectivity index (χ3n) is 6.76. The first-order valence-electron chi connectivity index (χ1n) is 13.0. The predicted molar refractivity (Wildman–Crippen MR) is 148 cm³/mol. The standard InChI is InChI=1S/C33H30F2O5/c1-21(25-13-15-28(30(34)17-25)23-9-5-3-6-10-23)32(37)39-20-27(19-36)40-33(38)22(2)26-14-16-29(31(35)18-26)24-11-7-4-8-12-24/h3-18,21-22,27,36H,19-20H2,1-2H3. The monoisotopic (exact) mass is 544 g/mol. The van der Waals surface area contributed by atoms with Gasteiger partial charge in [0.1, 0.15) is 18.2 Å². The summed E-state index contributed by atoms with van der Waals surface area (Å²) in [6.07, 6.45) is -1.11. The Morgan fingerprint density at radius 1 is 0.700 bits per heavy atom. The maximum absolute atomic E-state index is 14.8. The number of ether oxygens (including phenoxy) is 2. The van der Waals surface area contributed by atoms with Crippen molar-refractivity contribution in [3.63, 3.8) is 0 Å². The Labute approximate surface area is 232 Å². The number of carbonyl (C=O) groups is 2. The summed E-state index contributed by atoms with van der Waals surface area (Å²) in [5.74, 6) is -3.92. The zero-order chi connectivity index (χ0) is 28.6. The molecule has 3 unspecified atom stereocenters. The molecule has 0 heterocycles. The predicted octanol–water partition coefficient (Wildman–Crippen LogP) is 6.65. The summed E-state index contributed by atoms with van der Waals surface area (Å²) in [6.45, 7) is 2.18. The summed E-state index contributed by atoms with van der Waals surface area (Å²) < 4.78 is 40.1. The van der Waals surface area contributed by atoms with Crippen molar-refractivity contribution in [3.05, 3.63) is 120 Å². The Bertz CT molecular complexity index is 1460. The number of halogens is 2. The fraction of sp³-hybridized carbons (Fsp3) is 0.212. The van der Waals surface area contributed by atoms with Crippen LogP contribution in [-0.2, 0) is 19.1 Å². The van der Waals surface area contributed by atoms with Gasteiger partial charge < -0.3 is 14.6 Å². The van der Waals surface area contributed by atoms with Crippen molar-refractivity contribution in [2.24, 2.45) is 0 Å². The van der Waals surface area contributed by atoms with Gasteiger partial charge in [-0.1, -0.05) is 84.9 Å². The van der Waals surface area contributed by atoms with E-state index < -0.39 is 48.1 Å². The van der Waals surface area contributed by atoms with E-state index in [2.05, 4.69) is 0 Å². The van der Waals surface area contributed by atoms with Crippen molar-refractivity contribution in [1.82, 2.24) is 0 Å². The van der Waals surface area contributed by atoms with Crippen molar-refractivity contribution >= 4 is 11.9 Å². The van der Waals surface area contributed by atoms with Crippen LogP contribution in [0.15, 0.2) is 97.1 Å². The molecule has 206 valence electrons. The maximum Gasteiger partial charge on any atom is 0.313 e. The second kappa shape index (κ2) is 13.1. The van der Waals surface area contributed by atoms with Gasteiger partial charge in [0.2, 0.25) is 0 Å². The maximum atomic E-state index is 14.8. The van der Waals surface area contributed by atoms with Crippen molar-refractivity contribution in [1.29, 1.82) is 0 Å². The van der Waals surface area contributed by atoms with Crippen LogP contribution >= 0.6 is 0 Å². The largest absolute Gasteiger partial charge is 0.461 e. The van der Waals surface area contributed by atoms with E-state index in [-0.39, 0.29) is 6.61 Å². The molecule has 3 atom stereocenters. The van der Waals surface area contributed by atoms with Crippen molar-refractivity contribution in [2.45, 2.75) is 31.8 Å². The highest BCUT2D eigenvalue weighted by atomic mass is 19.1. The Morgan fingerprint density at radius 2 is 1.15 bits per heavy atom. The molecule has 4 aromatic carbocycles. The van der Waals surface area contributed by atoms with E-state index in [1.54, 1.807) is 62.4 Å². The number of carbonyl (C=O) groups excluding carboxylic acids is 2. The zero-order valence-corrected chi connectivity index (χ0v) is 22.2. The van der Waals surface area contributed by atoms with Crippen molar-refractivity contribution < 1.29 is 33.0 Å². The summed E-state index contributed by atoms with van der Waals surface area (Å²) >= 11 is 0. The minimum absolute atomic E-state index is 0.385. The van der Waals surface area contributed by atoms with Crippen molar-refractivity contribution in [3.8, 4) is 22.3 Å².